The summed E-state index contributed by atoms with van der Waals surface area (Å²) < 4.78 is 6.89. The molecular weight excluding hydrogens is 372 g/mol. The Labute approximate surface area is 171 Å². The quantitative estimate of drug-likeness (QED) is 0.698. The van der Waals surface area contributed by atoms with Crippen molar-refractivity contribution in [3.05, 3.63) is 29.2 Å². The molecule has 2 aromatic rings. The molecule has 158 valence electrons. The second-order valence-electron chi connectivity index (χ2n) is 8.15. The lowest BCUT2D eigenvalue weighted by atomic mass is 10.1. The largest absolute Gasteiger partial charge is 0.339 e. The first kappa shape index (κ1) is 21.0. The van der Waals surface area contributed by atoms with Crippen molar-refractivity contribution in [2.45, 2.75) is 53.0 Å². The van der Waals surface area contributed by atoms with E-state index in [1.165, 1.54) is 0 Å². The Morgan fingerprint density at radius 3 is 2.76 bits per heavy atom. The van der Waals surface area contributed by atoms with Crippen molar-refractivity contribution in [1.82, 2.24) is 29.7 Å². The lowest BCUT2D eigenvalue weighted by Crippen LogP contribution is -2.43. The molecule has 3 rings (SSSR count). The van der Waals surface area contributed by atoms with Gasteiger partial charge in [-0.25, -0.2) is 0 Å². The van der Waals surface area contributed by atoms with Crippen LogP contribution in [0.2, 0.25) is 0 Å². The van der Waals surface area contributed by atoms with E-state index in [9.17, 15) is 9.59 Å². The van der Waals surface area contributed by atoms with E-state index in [0.717, 1.165) is 18.5 Å². The molecule has 0 N–H and O–H groups in total. The molecule has 0 spiro atoms. The van der Waals surface area contributed by atoms with Crippen LogP contribution in [0, 0.1) is 12.8 Å². The minimum atomic E-state index is -0.0457. The molecule has 0 aliphatic carbocycles. The van der Waals surface area contributed by atoms with Crippen LogP contribution < -0.4 is 0 Å². The van der Waals surface area contributed by atoms with Crippen molar-refractivity contribution in [3.8, 4) is 0 Å². The van der Waals surface area contributed by atoms with E-state index in [2.05, 4.69) is 29.1 Å². The van der Waals surface area contributed by atoms with Gasteiger partial charge in [0, 0.05) is 46.4 Å². The van der Waals surface area contributed by atoms with Crippen LogP contribution in [-0.2, 0) is 24.7 Å². The monoisotopic (exact) mass is 402 g/mol. The predicted molar refractivity (Wildman–Crippen MR) is 106 cm³/mol. The summed E-state index contributed by atoms with van der Waals surface area (Å²) in [5.74, 6) is 1.64. The lowest BCUT2D eigenvalue weighted by Gasteiger charge is -2.27. The number of rotatable bonds is 7. The highest BCUT2D eigenvalue weighted by Gasteiger charge is 2.33. The van der Waals surface area contributed by atoms with Gasteiger partial charge < -0.3 is 14.3 Å². The normalized spacial score (nSPS) is 16.6. The predicted octanol–water partition coefficient (Wildman–Crippen LogP) is 1.62. The number of carbonyl (C=O) groups is 2. The maximum Gasteiger partial charge on any atom is 0.272 e. The number of hydrogen-bond donors (Lipinski definition) is 0. The molecule has 1 atom stereocenters. The average molecular weight is 402 g/mol. The smallest absolute Gasteiger partial charge is 0.272 e. The zero-order valence-electron chi connectivity index (χ0n) is 17.9. The number of likely N-dealkylation sites (tertiary alicyclic amines) is 1. The van der Waals surface area contributed by atoms with Crippen LogP contribution in [0.4, 0.5) is 0 Å². The van der Waals surface area contributed by atoms with Crippen molar-refractivity contribution in [2.75, 3.05) is 19.6 Å². The van der Waals surface area contributed by atoms with Crippen LogP contribution in [-0.4, -0.2) is 67.2 Å². The Bertz CT molecular complexity index is 871. The van der Waals surface area contributed by atoms with E-state index >= 15 is 0 Å². The van der Waals surface area contributed by atoms with Crippen LogP contribution in [0.5, 0.6) is 0 Å². The molecule has 0 radical (unpaired) electrons. The molecule has 1 aliphatic rings. The second kappa shape index (κ2) is 8.75. The molecule has 0 aromatic carbocycles. The highest BCUT2D eigenvalue weighted by atomic mass is 16.5. The number of hydrogen-bond acceptors (Lipinski definition) is 6. The number of aromatic nitrogens is 4. The zero-order valence-corrected chi connectivity index (χ0v) is 17.9. The van der Waals surface area contributed by atoms with Crippen molar-refractivity contribution in [2.24, 2.45) is 13.0 Å². The second-order valence-corrected chi connectivity index (χ2v) is 8.15. The van der Waals surface area contributed by atoms with Gasteiger partial charge in [-0.2, -0.15) is 10.1 Å². The maximum atomic E-state index is 12.8. The van der Waals surface area contributed by atoms with Crippen LogP contribution >= 0.6 is 0 Å². The fraction of sp³-hybridized carbons (Fsp3) is 0.650. The van der Waals surface area contributed by atoms with Gasteiger partial charge in [-0.1, -0.05) is 19.0 Å². The molecular formula is C20H30N6O3. The minimum absolute atomic E-state index is 0.00666. The Hall–Kier alpha value is -2.71. The molecule has 0 bridgehead atoms. The summed E-state index contributed by atoms with van der Waals surface area (Å²) in [5, 5.41) is 8.27. The molecule has 1 fully saturated rings. The summed E-state index contributed by atoms with van der Waals surface area (Å²) in [5.41, 5.74) is 1.39. The standard InChI is InChI=1S/C20H30N6O3/c1-13(2)10-19-21-18(23-29-19)7-9-26(15(4)27)16-6-8-25(12-16)20(28)17-11-14(3)22-24(17)5/h11,13,16H,6-10,12H2,1-5H3. The van der Waals surface area contributed by atoms with Crippen molar-refractivity contribution < 1.29 is 14.1 Å². The molecule has 2 amide bonds. The third kappa shape index (κ3) is 5.02. The molecule has 3 heterocycles. The lowest BCUT2D eigenvalue weighted by molar-refractivity contribution is -0.130. The minimum Gasteiger partial charge on any atom is -0.339 e. The first-order valence-corrected chi connectivity index (χ1v) is 10.1. The first-order chi connectivity index (χ1) is 13.7. The van der Waals surface area contributed by atoms with E-state index in [4.69, 9.17) is 4.52 Å². The van der Waals surface area contributed by atoms with Crippen molar-refractivity contribution in [1.29, 1.82) is 0 Å². The molecule has 9 nitrogen and oxygen atoms in total. The van der Waals surface area contributed by atoms with E-state index in [1.54, 1.807) is 29.6 Å². The van der Waals surface area contributed by atoms with Crippen LogP contribution in [0.3, 0.4) is 0 Å². The first-order valence-electron chi connectivity index (χ1n) is 10.1. The third-order valence-electron chi connectivity index (χ3n) is 5.19. The van der Waals surface area contributed by atoms with Crippen molar-refractivity contribution >= 4 is 11.8 Å². The number of aryl methyl sites for hydroxylation is 2. The molecule has 2 aromatic heterocycles. The fourth-order valence-corrected chi connectivity index (χ4v) is 3.79. The summed E-state index contributed by atoms with van der Waals surface area (Å²) >= 11 is 0. The zero-order chi connectivity index (χ0) is 21.1. The Kier molecular flexibility index (Phi) is 6.34. The van der Waals surface area contributed by atoms with Gasteiger partial charge in [0.05, 0.1) is 11.7 Å². The maximum absolute atomic E-state index is 12.8. The van der Waals surface area contributed by atoms with E-state index < -0.39 is 0 Å². The molecule has 1 aliphatic heterocycles. The van der Waals surface area contributed by atoms with Gasteiger partial charge >= 0.3 is 0 Å². The number of amides is 2. The average Bonchev–Trinajstić information content (AvgIpc) is 3.35. The fourth-order valence-electron chi connectivity index (χ4n) is 3.79. The molecule has 9 heteroatoms. The van der Waals surface area contributed by atoms with E-state index in [1.807, 2.05) is 11.8 Å². The van der Waals surface area contributed by atoms with Gasteiger partial charge in [-0.05, 0) is 25.3 Å². The van der Waals surface area contributed by atoms with Gasteiger partial charge in [0.15, 0.2) is 5.82 Å². The summed E-state index contributed by atoms with van der Waals surface area (Å²) in [7, 11) is 1.77. The Morgan fingerprint density at radius 1 is 1.38 bits per heavy atom. The molecule has 0 saturated carbocycles. The van der Waals surface area contributed by atoms with Gasteiger partial charge in [0.2, 0.25) is 11.8 Å². The van der Waals surface area contributed by atoms with Gasteiger partial charge in [0.25, 0.3) is 5.91 Å². The Balaban J connectivity index is 1.60. The van der Waals surface area contributed by atoms with Gasteiger partial charge in [0.1, 0.15) is 5.69 Å². The highest BCUT2D eigenvalue weighted by molar-refractivity contribution is 5.93. The summed E-state index contributed by atoms with van der Waals surface area (Å²) in [6.07, 6.45) is 2.04. The SMILES string of the molecule is CC(=O)N(CCc1noc(CC(C)C)n1)C1CCN(C(=O)c2cc(C)nn2C)C1. The highest BCUT2D eigenvalue weighted by Crippen LogP contribution is 2.19. The topological polar surface area (TPSA) is 97.4 Å². The van der Waals surface area contributed by atoms with Gasteiger partial charge in [-0.15, -0.1) is 0 Å². The summed E-state index contributed by atoms with van der Waals surface area (Å²) in [6, 6.07) is 1.79. The van der Waals surface area contributed by atoms with Crippen LogP contribution in [0.1, 0.15) is 55.1 Å². The third-order valence-corrected chi connectivity index (χ3v) is 5.19. The molecule has 1 unspecified atom stereocenters. The van der Waals surface area contributed by atoms with Crippen LogP contribution in [0.25, 0.3) is 0 Å². The van der Waals surface area contributed by atoms with Gasteiger partial charge in [-0.3, -0.25) is 14.3 Å². The molecule has 29 heavy (non-hydrogen) atoms. The van der Waals surface area contributed by atoms with Crippen molar-refractivity contribution in [3.63, 3.8) is 0 Å². The number of carbonyl (C=O) groups excluding carboxylic acids is 2. The van der Waals surface area contributed by atoms with E-state index in [-0.39, 0.29) is 17.9 Å². The molecule has 1 saturated heterocycles. The summed E-state index contributed by atoms with van der Waals surface area (Å²) in [6.45, 7) is 9.28. The van der Waals surface area contributed by atoms with Crippen LogP contribution in [0.15, 0.2) is 10.6 Å². The summed E-state index contributed by atoms with van der Waals surface area (Å²) in [4.78, 5) is 33.1. The number of nitrogens with zero attached hydrogens (tertiary/aromatic N) is 6. The van der Waals surface area contributed by atoms with E-state index in [0.29, 0.717) is 49.4 Å². The Morgan fingerprint density at radius 2 is 2.14 bits per heavy atom.